The average Bonchev–Trinajstić information content (AvgIpc) is 3.38. The van der Waals surface area contributed by atoms with Crippen molar-refractivity contribution >= 4 is 11.9 Å². The summed E-state index contributed by atoms with van der Waals surface area (Å²) in [6.45, 7) is 5.50. The van der Waals surface area contributed by atoms with Crippen molar-refractivity contribution in [3.63, 3.8) is 0 Å². The van der Waals surface area contributed by atoms with Gasteiger partial charge in [0.1, 0.15) is 6.04 Å². The number of piperidine rings is 1. The van der Waals surface area contributed by atoms with Crippen LogP contribution in [-0.2, 0) is 14.3 Å². The molecule has 1 aliphatic carbocycles. The molecule has 2 aliphatic heterocycles. The third kappa shape index (κ3) is 4.15. The molecule has 7 nitrogen and oxygen atoms in total. The Hall–Kier alpha value is -1.18. The molecular formula is C18H31N3O4. The second-order valence-corrected chi connectivity index (χ2v) is 7.91. The van der Waals surface area contributed by atoms with Crippen molar-refractivity contribution in [2.75, 3.05) is 39.8 Å². The molecule has 1 saturated carbocycles. The van der Waals surface area contributed by atoms with Crippen molar-refractivity contribution in [1.29, 1.82) is 0 Å². The van der Waals surface area contributed by atoms with Gasteiger partial charge < -0.3 is 25.0 Å². The summed E-state index contributed by atoms with van der Waals surface area (Å²) < 4.78 is 4.97. The normalized spacial score (nSPS) is 30.8. The summed E-state index contributed by atoms with van der Waals surface area (Å²) in [6.07, 6.45) is 4.00. The molecule has 3 aliphatic rings. The number of aliphatic hydroxyl groups excluding tert-OH is 1. The largest absolute Gasteiger partial charge is 0.467 e. The van der Waals surface area contributed by atoms with Crippen LogP contribution in [0.25, 0.3) is 0 Å². The van der Waals surface area contributed by atoms with E-state index in [9.17, 15) is 14.7 Å². The van der Waals surface area contributed by atoms with E-state index in [2.05, 4.69) is 10.2 Å². The lowest BCUT2D eigenvalue weighted by molar-refractivity contribution is -0.153. The van der Waals surface area contributed by atoms with Gasteiger partial charge in [0.05, 0.1) is 13.2 Å². The minimum Gasteiger partial charge on any atom is -0.467 e. The molecule has 3 rings (SSSR count). The minimum atomic E-state index is -0.547. The monoisotopic (exact) mass is 353 g/mol. The summed E-state index contributed by atoms with van der Waals surface area (Å²) in [7, 11) is 1.38. The lowest BCUT2D eigenvalue weighted by Crippen LogP contribution is -2.51. The fourth-order valence-electron chi connectivity index (χ4n) is 4.20. The molecule has 3 atom stereocenters. The fourth-order valence-corrected chi connectivity index (χ4v) is 4.20. The van der Waals surface area contributed by atoms with Crippen molar-refractivity contribution in [2.24, 2.45) is 5.41 Å². The minimum absolute atomic E-state index is 0.00265. The molecular weight excluding hydrogens is 322 g/mol. The van der Waals surface area contributed by atoms with E-state index < -0.39 is 6.04 Å². The van der Waals surface area contributed by atoms with Crippen LogP contribution in [0, 0.1) is 5.41 Å². The maximum atomic E-state index is 12.4. The fraction of sp³-hybridized carbons (Fsp3) is 0.889. The maximum absolute atomic E-state index is 12.4. The molecule has 0 aromatic rings. The number of esters is 1. The Bertz CT molecular complexity index is 509. The van der Waals surface area contributed by atoms with Gasteiger partial charge in [0.15, 0.2) is 0 Å². The number of hydrogen-bond acceptors (Lipinski definition) is 6. The first-order valence-electron chi connectivity index (χ1n) is 9.46. The summed E-state index contributed by atoms with van der Waals surface area (Å²) in [4.78, 5) is 28.7. The number of carbonyl (C=O) groups is 2. The van der Waals surface area contributed by atoms with E-state index in [1.54, 1.807) is 4.90 Å². The Morgan fingerprint density at radius 2 is 2.16 bits per heavy atom. The van der Waals surface area contributed by atoms with E-state index in [0.29, 0.717) is 39.0 Å². The highest BCUT2D eigenvalue weighted by Crippen LogP contribution is 2.53. The van der Waals surface area contributed by atoms with Crippen LogP contribution in [0.4, 0.5) is 0 Å². The molecule has 0 aromatic heterocycles. The molecule has 1 amide bonds. The first kappa shape index (κ1) is 18.6. The Balaban J connectivity index is 1.60. The highest BCUT2D eigenvalue weighted by Gasteiger charge is 2.51. The molecule has 3 fully saturated rings. The molecule has 0 aromatic carbocycles. The predicted molar refractivity (Wildman–Crippen MR) is 92.9 cm³/mol. The van der Waals surface area contributed by atoms with Gasteiger partial charge in [0, 0.05) is 38.6 Å². The number of aliphatic hydroxyl groups is 1. The number of rotatable bonds is 5. The number of nitrogens with zero attached hydrogens (tertiary/aromatic N) is 2. The molecule has 3 unspecified atom stereocenters. The van der Waals surface area contributed by atoms with Gasteiger partial charge in [-0.3, -0.25) is 4.79 Å². The van der Waals surface area contributed by atoms with Crippen LogP contribution >= 0.6 is 0 Å². The molecule has 142 valence electrons. The SMILES string of the molecule is COC(=O)C(CCN1CCC2(CC2)C(O)C1)N1CC(C)NCCC1=O. The van der Waals surface area contributed by atoms with Gasteiger partial charge in [-0.2, -0.15) is 0 Å². The molecule has 2 N–H and O–H groups in total. The third-order valence-electron chi connectivity index (χ3n) is 6.15. The van der Waals surface area contributed by atoms with E-state index in [1.165, 1.54) is 7.11 Å². The van der Waals surface area contributed by atoms with Gasteiger partial charge in [-0.1, -0.05) is 0 Å². The standard InChI is InChI=1S/C18H31N3O4/c1-13-11-21(16(23)3-8-19-13)14(17(24)25-2)4-9-20-10-7-18(5-6-18)15(22)12-20/h13-15,19,22H,3-12H2,1-2H3. The van der Waals surface area contributed by atoms with Crippen molar-refractivity contribution in [3.8, 4) is 0 Å². The highest BCUT2D eigenvalue weighted by atomic mass is 16.5. The number of amides is 1. The molecule has 0 radical (unpaired) electrons. The second kappa shape index (κ2) is 7.60. The summed E-state index contributed by atoms with van der Waals surface area (Å²) in [5, 5.41) is 13.6. The molecule has 7 heteroatoms. The van der Waals surface area contributed by atoms with Gasteiger partial charge in [0.25, 0.3) is 0 Å². The molecule has 2 heterocycles. The lowest BCUT2D eigenvalue weighted by atomic mass is 9.90. The zero-order valence-electron chi connectivity index (χ0n) is 15.4. The van der Waals surface area contributed by atoms with E-state index >= 15 is 0 Å². The number of nitrogens with one attached hydrogen (secondary N) is 1. The van der Waals surface area contributed by atoms with Crippen LogP contribution in [0.15, 0.2) is 0 Å². The van der Waals surface area contributed by atoms with E-state index in [0.717, 1.165) is 25.8 Å². The van der Waals surface area contributed by atoms with Crippen LogP contribution in [0.1, 0.15) is 39.0 Å². The maximum Gasteiger partial charge on any atom is 0.328 e. The van der Waals surface area contributed by atoms with Gasteiger partial charge in [-0.15, -0.1) is 0 Å². The molecule has 1 spiro atoms. The number of carbonyl (C=O) groups excluding carboxylic acids is 2. The van der Waals surface area contributed by atoms with Crippen molar-refractivity contribution in [1.82, 2.24) is 15.1 Å². The Kier molecular flexibility index (Phi) is 5.65. The first-order valence-corrected chi connectivity index (χ1v) is 9.46. The van der Waals surface area contributed by atoms with E-state index in [1.807, 2.05) is 6.92 Å². The summed E-state index contributed by atoms with van der Waals surface area (Å²) in [5.41, 5.74) is 0.181. The Morgan fingerprint density at radius 1 is 1.40 bits per heavy atom. The third-order valence-corrected chi connectivity index (χ3v) is 6.15. The molecule has 2 saturated heterocycles. The number of likely N-dealkylation sites (tertiary alicyclic amines) is 1. The topological polar surface area (TPSA) is 82.1 Å². The van der Waals surface area contributed by atoms with Crippen LogP contribution in [0.2, 0.25) is 0 Å². The van der Waals surface area contributed by atoms with Crippen molar-refractivity contribution < 1.29 is 19.4 Å². The zero-order chi connectivity index (χ0) is 18.0. The number of β-amino-alcohol motifs (C(OH)–C–C–N with tert-alkyl or cyclic N) is 1. The first-order chi connectivity index (χ1) is 11.9. The Labute approximate surface area is 149 Å². The van der Waals surface area contributed by atoms with Crippen LogP contribution in [0.5, 0.6) is 0 Å². The van der Waals surface area contributed by atoms with Crippen molar-refractivity contribution in [2.45, 2.75) is 57.2 Å². The lowest BCUT2D eigenvalue weighted by Gasteiger charge is -2.37. The van der Waals surface area contributed by atoms with Crippen molar-refractivity contribution in [3.05, 3.63) is 0 Å². The summed E-state index contributed by atoms with van der Waals surface area (Å²) in [6, 6.07) is -0.390. The highest BCUT2D eigenvalue weighted by molar-refractivity contribution is 5.84. The smallest absolute Gasteiger partial charge is 0.328 e. The molecule has 0 bridgehead atoms. The van der Waals surface area contributed by atoms with E-state index in [-0.39, 0.29) is 29.4 Å². The van der Waals surface area contributed by atoms with Gasteiger partial charge >= 0.3 is 5.97 Å². The summed E-state index contributed by atoms with van der Waals surface area (Å²) in [5.74, 6) is -0.346. The Morgan fingerprint density at radius 3 is 2.80 bits per heavy atom. The molecule has 25 heavy (non-hydrogen) atoms. The van der Waals surface area contributed by atoms with Gasteiger partial charge in [0.2, 0.25) is 5.91 Å². The van der Waals surface area contributed by atoms with Gasteiger partial charge in [-0.05, 0) is 44.6 Å². The quantitative estimate of drug-likeness (QED) is 0.676. The number of methoxy groups -OCH3 is 1. The van der Waals surface area contributed by atoms with Crippen LogP contribution in [0.3, 0.4) is 0 Å². The predicted octanol–water partition coefficient (Wildman–Crippen LogP) is -0.0247. The summed E-state index contributed by atoms with van der Waals surface area (Å²) >= 11 is 0. The van der Waals surface area contributed by atoms with E-state index in [4.69, 9.17) is 4.74 Å². The average molecular weight is 353 g/mol. The van der Waals surface area contributed by atoms with Crippen LogP contribution in [-0.4, -0.2) is 84.8 Å². The zero-order valence-corrected chi connectivity index (χ0v) is 15.4. The number of hydrogen-bond donors (Lipinski definition) is 2. The number of ether oxygens (including phenoxy) is 1. The van der Waals surface area contributed by atoms with Crippen LogP contribution < -0.4 is 5.32 Å². The second-order valence-electron chi connectivity index (χ2n) is 7.91. The van der Waals surface area contributed by atoms with Gasteiger partial charge in [-0.25, -0.2) is 4.79 Å².